The van der Waals surface area contributed by atoms with Gasteiger partial charge in [0.1, 0.15) is 11.5 Å². The molecule has 1 N–H and O–H groups in total. The van der Waals surface area contributed by atoms with Gasteiger partial charge >= 0.3 is 0 Å². The van der Waals surface area contributed by atoms with Crippen molar-refractivity contribution in [2.75, 3.05) is 11.9 Å². The lowest BCUT2D eigenvalue weighted by molar-refractivity contribution is 0.335. The van der Waals surface area contributed by atoms with Crippen LogP contribution in [-0.4, -0.2) is 16.6 Å². The first kappa shape index (κ1) is 10.3. The van der Waals surface area contributed by atoms with Gasteiger partial charge in [-0.1, -0.05) is 0 Å². The fourth-order valence-electron chi connectivity index (χ4n) is 1.26. The molecule has 6 heteroatoms. The predicted molar refractivity (Wildman–Crippen MR) is 57.8 cm³/mol. The van der Waals surface area contributed by atoms with Crippen molar-refractivity contribution in [1.29, 1.82) is 0 Å². The summed E-state index contributed by atoms with van der Waals surface area (Å²) in [5.74, 6) is 0.466. The van der Waals surface area contributed by atoms with E-state index in [-0.39, 0.29) is 11.4 Å². The van der Waals surface area contributed by atoms with E-state index in [1.807, 2.05) is 0 Å². The summed E-state index contributed by atoms with van der Waals surface area (Å²) >= 11 is 0. The van der Waals surface area contributed by atoms with Crippen LogP contribution in [0.15, 0.2) is 28.2 Å². The second-order valence-corrected chi connectivity index (χ2v) is 3.01. The molecule has 0 aliphatic heterocycles. The lowest BCUT2D eigenvalue weighted by atomic mass is 10.2. The highest BCUT2D eigenvalue weighted by atomic mass is 16.5. The molecule has 2 rings (SSSR count). The molecule has 0 radical (unpaired) electrons. The Morgan fingerprint density at radius 3 is 2.75 bits per heavy atom. The van der Waals surface area contributed by atoms with Gasteiger partial charge in [-0.3, -0.25) is 14.6 Å². The van der Waals surface area contributed by atoms with Gasteiger partial charge in [-0.05, 0) is 6.92 Å². The molecule has 0 fully saturated rings. The summed E-state index contributed by atoms with van der Waals surface area (Å²) in [6.45, 7) is 2.07. The Hall–Kier alpha value is -2.24. The van der Waals surface area contributed by atoms with Crippen LogP contribution in [0.1, 0.15) is 6.92 Å². The topological polar surface area (TPSA) is 81.2 Å². The van der Waals surface area contributed by atoms with Gasteiger partial charge in [0.15, 0.2) is 5.75 Å². The van der Waals surface area contributed by atoms with E-state index in [1.165, 1.54) is 18.6 Å². The molecule has 0 aliphatic carbocycles. The Bertz CT molecular complexity index is 558. The smallest absolute Gasteiger partial charge is 0.272 e. The van der Waals surface area contributed by atoms with Crippen LogP contribution < -0.4 is 20.9 Å². The fourth-order valence-corrected chi connectivity index (χ4v) is 1.26. The first-order valence-corrected chi connectivity index (χ1v) is 4.73. The number of hydrogen-bond donors (Lipinski definition) is 1. The SMILES string of the molecule is CCOc1c(Nc2cnccn2)c(=O)c1=O. The second kappa shape index (κ2) is 4.09. The third-order valence-electron chi connectivity index (χ3n) is 1.97. The van der Waals surface area contributed by atoms with Gasteiger partial charge in [0.25, 0.3) is 10.9 Å². The Labute approximate surface area is 90.6 Å². The number of hydrogen-bond acceptors (Lipinski definition) is 6. The lowest BCUT2D eigenvalue weighted by Crippen LogP contribution is -2.35. The fraction of sp³-hybridized carbons (Fsp3) is 0.200. The van der Waals surface area contributed by atoms with E-state index in [4.69, 9.17) is 4.74 Å². The molecule has 1 aromatic heterocycles. The van der Waals surface area contributed by atoms with Crippen LogP contribution >= 0.6 is 0 Å². The number of anilines is 2. The first-order valence-electron chi connectivity index (χ1n) is 4.73. The molecule has 0 saturated carbocycles. The van der Waals surface area contributed by atoms with Gasteiger partial charge in [-0.15, -0.1) is 0 Å². The zero-order chi connectivity index (χ0) is 11.5. The third kappa shape index (κ3) is 1.65. The van der Waals surface area contributed by atoms with Gasteiger partial charge in [0, 0.05) is 12.4 Å². The minimum Gasteiger partial charge on any atom is -0.488 e. The first-order chi connectivity index (χ1) is 7.74. The van der Waals surface area contributed by atoms with Crippen LogP contribution in [-0.2, 0) is 0 Å². The van der Waals surface area contributed by atoms with Gasteiger partial charge < -0.3 is 10.1 Å². The normalized spacial score (nSPS) is 10.3. The minimum absolute atomic E-state index is 0.0677. The summed E-state index contributed by atoms with van der Waals surface area (Å²) < 4.78 is 5.04. The van der Waals surface area contributed by atoms with E-state index in [2.05, 4.69) is 15.3 Å². The van der Waals surface area contributed by atoms with Crippen molar-refractivity contribution in [3.05, 3.63) is 39.0 Å². The van der Waals surface area contributed by atoms with E-state index >= 15 is 0 Å². The summed E-state index contributed by atoms with van der Waals surface area (Å²) in [5.41, 5.74) is -1.05. The van der Waals surface area contributed by atoms with E-state index in [0.717, 1.165) is 0 Å². The molecule has 0 bridgehead atoms. The van der Waals surface area contributed by atoms with Crippen molar-refractivity contribution >= 4 is 11.5 Å². The molecule has 16 heavy (non-hydrogen) atoms. The molecule has 0 saturated heterocycles. The van der Waals surface area contributed by atoms with E-state index in [9.17, 15) is 9.59 Å². The van der Waals surface area contributed by atoms with E-state index in [1.54, 1.807) is 6.92 Å². The summed E-state index contributed by atoms with van der Waals surface area (Å²) in [4.78, 5) is 30.2. The summed E-state index contributed by atoms with van der Waals surface area (Å²) in [6.07, 6.45) is 4.44. The number of nitrogens with zero attached hydrogens (tertiary/aromatic N) is 2. The molecular weight excluding hydrogens is 210 g/mol. The van der Waals surface area contributed by atoms with Crippen LogP contribution in [0.4, 0.5) is 11.5 Å². The third-order valence-corrected chi connectivity index (χ3v) is 1.97. The highest BCUT2D eigenvalue weighted by molar-refractivity contribution is 5.67. The molecule has 1 heterocycles. The largest absolute Gasteiger partial charge is 0.488 e. The lowest BCUT2D eigenvalue weighted by Gasteiger charge is -2.11. The van der Waals surface area contributed by atoms with Crippen molar-refractivity contribution in [2.45, 2.75) is 6.92 Å². The van der Waals surface area contributed by atoms with Crippen molar-refractivity contribution in [2.24, 2.45) is 0 Å². The quantitative estimate of drug-likeness (QED) is 0.740. The van der Waals surface area contributed by atoms with Gasteiger partial charge in [-0.2, -0.15) is 0 Å². The van der Waals surface area contributed by atoms with Crippen molar-refractivity contribution in [1.82, 2.24) is 9.97 Å². The summed E-state index contributed by atoms with van der Waals surface area (Å²) in [7, 11) is 0. The van der Waals surface area contributed by atoms with Gasteiger partial charge in [0.2, 0.25) is 0 Å². The van der Waals surface area contributed by atoms with E-state index < -0.39 is 10.9 Å². The average molecular weight is 219 g/mol. The van der Waals surface area contributed by atoms with Crippen LogP contribution in [0.3, 0.4) is 0 Å². The molecule has 82 valence electrons. The highest BCUT2D eigenvalue weighted by Crippen LogP contribution is 2.20. The minimum atomic E-state index is -0.603. The Morgan fingerprint density at radius 1 is 1.31 bits per heavy atom. The molecule has 0 amide bonds. The molecule has 6 nitrogen and oxygen atoms in total. The van der Waals surface area contributed by atoms with Crippen LogP contribution in [0.2, 0.25) is 0 Å². The van der Waals surface area contributed by atoms with Crippen LogP contribution in [0.25, 0.3) is 0 Å². The van der Waals surface area contributed by atoms with E-state index in [0.29, 0.717) is 12.4 Å². The number of nitrogens with one attached hydrogen (secondary N) is 1. The molecule has 0 aliphatic rings. The van der Waals surface area contributed by atoms with Crippen LogP contribution in [0, 0.1) is 0 Å². The molecule has 0 unspecified atom stereocenters. The molecule has 0 atom stereocenters. The zero-order valence-electron chi connectivity index (χ0n) is 8.56. The molecule has 1 aromatic carbocycles. The average Bonchev–Trinajstić information content (AvgIpc) is 2.34. The van der Waals surface area contributed by atoms with Crippen molar-refractivity contribution in [3.8, 4) is 5.75 Å². The molecule has 0 spiro atoms. The number of rotatable bonds is 4. The predicted octanol–water partition coefficient (Wildman–Crippen LogP) is 0.215. The maximum atomic E-state index is 11.3. The van der Waals surface area contributed by atoms with Crippen molar-refractivity contribution in [3.63, 3.8) is 0 Å². The zero-order valence-corrected chi connectivity index (χ0v) is 8.56. The van der Waals surface area contributed by atoms with Crippen molar-refractivity contribution < 1.29 is 4.74 Å². The summed E-state index contributed by atoms with van der Waals surface area (Å²) in [6, 6.07) is 0. The Morgan fingerprint density at radius 2 is 2.12 bits per heavy atom. The second-order valence-electron chi connectivity index (χ2n) is 3.01. The monoisotopic (exact) mass is 219 g/mol. The summed E-state index contributed by atoms with van der Waals surface area (Å²) in [5, 5.41) is 2.70. The highest BCUT2D eigenvalue weighted by Gasteiger charge is 2.22. The van der Waals surface area contributed by atoms with Crippen LogP contribution in [0.5, 0.6) is 5.75 Å². The maximum Gasteiger partial charge on any atom is 0.272 e. The van der Waals surface area contributed by atoms with Gasteiger partial charge in [0.05, 0.1) is 12.8 Å². The van der Waals surface area contributed by atoms with Gasteiger partial charge in [-0.25, -0.2) is 4.98 Å². The number of aromatic nitrogens is 2. The Kier molecular flexibility index (Phi) is 2.63. The molecule has 2 aromatic rings. The maximum absolute atomic E-state index is 11.3. The number of ether oxygens (including phenoxy) is 1. The molecular formula is C10H9N3O3. The Balaban J connectivity index is 2.26. The standard InChI is InChI=1S/C10H9N3O3/c1-2-16-10-7(8(14)9(10)15)13-6-5-11-3-4-12-6/h3-5H,2H2,1H3,(H,12,13).